The lowest BCUT2D eigenvalue weighted by molar-refractivity contribution is -0.129. The maximum atomic E-state index is 13.0. The first kappa shape index (κ1) is 24.8. The van der Waals surface area contributed by atoms with E-state index in [1.165, 1.54) is 0 Å². The molecule has 1 heterocycles. The van der Waals surface area contributed by atoms with Gasteiger partial charge in [-0.2, -0.15) is 5.26 Å². The van der Waals surface area contributed by atoms with Gasteiger partial charge in [-0.1, -0.05) is 56.7 Å². The number of carbonyl (C=O) groups is 2. The maximum absolute atomic E-state index is 13.0. The van der Waals surface area contributed by atoms with Crippen LogP contribution < -0.4 is 5.32 Å². The Morgan fingerprint density at radius 1 is 1.33 bits per heavy atom. The number of hydrogen-bond acceptors (Lipinski definition) is 6. The van der Waals surface area contributed by atoms with Crippen LogP contribution in [0.4, 0.5) is 4.79 Å². The van der Waals surface area contributed by atoms with Crippen LogP contribution in [0.2, 0.25) is 0 Å². The Kier molecular flexibility index (Phi) is 7.50. The molecule has 0 aromatic heterocycles. The monoisotopic (exact) mass is 453 g/mol. The Labute approximate surface area is 195 Å². The number of rotatable bonds is 7. The van der Waals surface area contributed by atoms with E-state index in [2.05, 4.69) is 5.32 Å². The molecule has 2 aliphatic rings. The third-order valence-corrected chi connectivity index (χ3v) is 6.12. The number of nitrogens with one attached hydrogen (secondary N) is 1. The standard InChI is InChI=1S/C24H32BN3O5/c1-15-5-7-16(8-6-15)9-21(25(31)32)27-23(30)33-14-20-19-10-17(19)13-28(20)22(29)18(12-26)11-24(2,3)4/h5-8,11,17,19-21,31-32H,9-10,13-14H2,1-4H3,(H,27,30)/t17-,19-,20-,21?/m0/s1. The van der Waals surface area contributed by atoms with Crippen molar-refractivity contribution < 1.29 is 24.4 Å². The molecule has 2 fully saturated rings. The summed E-state index contributed by atoms with van der Waals surface area (Å²) < 4.78 is 5.39. The van der Waals surface area contributed by atoms with Crippen molar-refractivity contribution in [3.05, 3.63) is 47.0 Å². The molecule has 1 unspecified atom stereocenters. The summed E-state index contributed by atoms with van der Waals surface area (Å²) in [4.78, 5) is 27.0. The molecule has 4 atom stereocenters. The number of fused-ring (bicyclic) bond motifs is 1. The first-order chi connectivity index (χ1) is 15.5. The minimum Gasteiger partial charge on any atom is -0.447 e. The molecule has 0 radical (unpaired) electrons. The quantitative estimate of drug-likeness (QED) is 0.330. The van der Waals surface area contributed by atoms with Crippen LogP contribution >= 0.6 is 0 Å². The number of allylic oxidation sites excluding steroid dienone is 1. The Bertz CT molecular complexity index is 948. The number of aryl methyl sites for hydroxylation is 1. The lowest BCUT2D eigenvalue weighted by atomic mass is 9.76. The van der Waals surface area contributed by atoms with Gasteiger partial charge in [-0.05, 0) is 42.6 Å². The molecule has 176 valence electrons. The van der Waals surface area contributed by atoms with Crippen molar-refractivity contribution in [1.82, 2.24) is 10.2 Å². The van der Waals surface area contributed by atoms with Crippen molar-refractivity contribution in [2.24, 2.45) is 17.3 Å². The second-order valence-corrected chi connectivity index (χ2v) is 10.2. The summed E-state index contributed by atoms with van der Waals surface area (Å²) in [6.45, 7) is 8.27. The number of nitrogens with zero attached hydrogens (tertiary/aromatic N) is 2. The third-order valence-electron chi connectivity index (χ3n) is 6.12. The molecule has 0 bridgehead atoms. The van der Waals surface area contributed by atoms with E-state index in [0.717, 1.165) is 17.5 Å². The van der Waals surface area contributed by atoms with Crippen LogP contribution in [-0.4, -0.2) is 59.2 Å². The van der Waals surface area contributed by atoms with E-state index in [0.29, 0.717) is 12.5 Å². The van der Waals surface area contributed by atoms with E-state index in [4.69, 9.17) is 4.74 Å². The number of benzene rings is 1. The van der Waals surface area contributed by atoms with Gasteiger partial charge in [0.15, 0.2) is 0 Å². The highest BCUT2D eigenvalue weighted by Crippen LogP contribution is 2.50. The third kappa shape index (κ3) is 6.59. The molecule has 1 aromatic rings. The Balaban J connectivity index is 1.59. The smallest absolute Gasteiger partial charge is 0.447 e. The summed E-state index contributed by atoms with van der Waals surface area (Å²) in [6, 6.07) is 9.27. The first-order valence-corrected chi connectivity index (χ1v) is 11.3. The minimum atomic E-state index is -1.75. The van der Waals surface area contributed by atoms with Crippen molar-refractivity contribution in [2.75, 3.05) is 13.2 Å². The van der Waals surface area contributed by atoms with Gasteiger partial charge >= 0.3 is 13.2 Å². The Morgan fingerprint density at radius 3 is 2.58 bits per heavy atom. The fourth-order valence-corrected chi connectivity index (χ4v) is 4.31. The topological polar surface area (TPSA) is 123 Å². The second-order valence-electron chi connectivity index (χ2n) is 10.2. The van der Waals surface area contributed by atoms with Crippen LogP contribution in [0.25, 0.3) is 0 Å². The van der Waals surface area contributed by atoms with Crippen LogP contribution in [0.3, 0.4) is 0 Å². The van der Waals surface area contributed by atoms with Crippen LogP contribution in [0, 0.1) is 35.5 Å². The van der Waals surface area contributed by atoms with Gasteiger partial charge in [-0.25, -0.2) is 4.79 Å². The molecular formula is C24H32BN3O5. The van der Waals surface area contributed by atoms with Gasteiger partial charge in [0, 0.05) is 6.54 Å². The SMILES string of the molecule is Cc1ccc(CC(NC(=O)OC[C@H]2[C@H]3C[C@H]3CN2C(=O)C(C#N)=CC(C)(C)C)B(O)O)cc1. The van der Waals surface area contributed by atoms with E-state index >= 15 is 0 Å². The lowest BCUT2D eigenvalue weighted by Gasteiger charge is -2.28. The molecule has 1 aliphatic heterocycles. The zero-order chi connectivity index (χ0) is 24.3. The lowest BCUT2D eigenvalue weighted by Crippen LogP contribution is -2.49. The van der Waals surface area contributed by atoms with Crippen LogP contribution in [0.5, 0.6) is 0 Å². The van der Waals surface area contributed by atoms with Crippen molar-refractivity contribution in [3.63, 3.8) is 0 Å². The van der Waals surface area contributed by atoms with Crippen LogP contribution in [-0.2, 0) is 16.0 Å². The van der Waals surface area contributed by atoms with Gasteiger partial charge in [0.25, 0.3) is 5.91 Å². The highest BCUT2D eigenvalue weighted by atomic mass is 16.5. The minimum absolute atomic E-state index is 0.00819. The van der Waals surface area contributed by atoms with Gasteiger partial charge in [-0.15, -0.1) is 0 Å². The average Bonchev–Trinajstić information content (AvgIpc) is 3.42. The number of carbonyl (C=O) groups excluding carboxylic acids is 2. The number of ether oxygens (including phenoxy) is 1. The number of likely N-dealkylation sites (tertiary alicyclic amines) is 1. The van der Waals surface area contributed by atoms with E-state index in [1.54, 1.807) is 11.0 Å². The van der Waals surface area contributed by atoms with Gasteiger partial charge in [0.2, 0.25) is 0 Å². The summed E-state index contributed by atoms with van der Waals surface area (Å²) in [5, 5.41) is 31.4. The summed E-state index contributed by atoms with van der Waals surface area (Å²) >= 11 is 0. The number of alkyl carbamates (subject to hydrolysis) is 1. The zero-order valence-electron chi connectivity index (χ0n) is 19.6. The fourth-order valence-electron chi connectivity index (χ4n) is 4.31. The maximum Gasteiger partial charge on any atom is 0.475 e. The molecule has 0 spiro atoms. The fraction of sp³-hybridized carbons (Fsp3) is 0.542. The van der Waals surface area contributed by atoms with Crippen molar-refractivity contribution in [1.29, 1.82) is 5.26 Å². The highest BCUT2D eigenvalue weighted by molar-refractivity contribution is 6.43. The Morgan fingerprint density at radius 2 is 2.00 bits per heavy atom. The second kappa shape index (κ2) is 9.98. The number of amides is 2. The Hall–Kier alpha value is -2.83. The van der Waals surface area contributed by atoms with Crippen molar-refractivity contribution in [2.45, 2.75) is 52.5 Å². The van der Waals surface area contributed by atoms with E-state index in [1.807, 2.05) is 58.0 Å². The summed E-state index contributed by atoms with van der Waals surface area (Å²) in [7, 11) is -1.75. The molecular weight excluding hydrogens is 421 g/mol. The molecule has 1 saturated heterocycles. The summed E-state index contributed by atoms with van der Waals surface area (Å²) in [5.41, 5.74) is 1.72. The summed E-state index contributed by atoms with van der Waals surface area (Å²) in [6.07, 6.45) is 2.09. The van der Waals surface area contributed by atoms with Crippen molar-refractivity contribution >= 4 is 19.1 Å². The van der Waals surface area contributed by atoms with Gasteiger partial charge < -0.3 is 25.0 Å². The molecule has 9 heteroatoms. The largest absolute Gasteiger partial charge is 0.475 e. The molecule has 1 saturated carbocycles. The van der Waals surface area contributed by atoms with Crippen LogP contribution in [0.15, 0.2) is 35.9 Å². The highest BCUT2D eigenvalue weighted by Gasteiger charge is 2.54. The summed E-state index contributed by atoms with van der Waals surface area (Å²) in [5.74, 6) is -0.649. The van der Waals surface area contributed by atoms with E-state index < -0.39 is 19.2 Å². The average molecular weight is 453 g/mol. The van der Waals surface area contributed by atoms with E-state index in [9.17, 15) is 24.9 Å². The molecule has 8 nitrogen and oxygen atoms in total. The van der Waals surface area contributed by atoms with Gasteiger partial charge in [-0.3, -0.25) is 4.79 Å². The van der Waals surface area contributed by atoms with Gasteiger partial charge in [0.1, 0.15) is 18.2 Å². The molecule has 3 N–H and O–H groups in total. The molecule has 1 aromatic carbocycles. The zero-order valence-corrected chi connectivity index (χ0v) is 19.6. The predicted octanol–water partition coefficient (Wildman–Crippen LogP) is 1.99. The number of piperidine rings is 1. The number of hydrogen-bond donors (Lipinski definition) is 3. The molecule has 2 amide bonds. The molecule has 3 rings (SSSR count). The normalized spacial score (nSPS) is 22.8. The van der Waals surface area contributed by atoms with Crippen molar-refractivity contribution in [3.8, 4) is 6.07 Å². The van der Waals surface area contributed by atoms with Crippen LogP contribution in [0.1, 0.15) is 38.3 Å². The molecule has 1 aliphatic carbocycles. The molecule has 33 heavy (non-hydrogen) atoms. The van der Waals surface area contributed by atoms with E-state index in [-0.39, 0.29) is 41.9 Å². The first-order valence-electron chi connectivity index (χ1n) is 11.3. The number of nitriles is 1. The predicted molar refractivity (Wildman–Crippen MR) is 124 cm³/mol. The van der Waals surface area contributed by atoms with Gasteiger partial charge in [0.05, 0.1) is 12.0 Å².